The number of pyridine rings is 1. The summed E-state index contributed by atoms with van der Waals surface area (Å²) in [6.07, 6.45) is 3.57. The molecule has 0 aliphatic rings. The molecule has 3 aromatic rings. The van der Waals surface area contributed by atoms with E-state index in [1.165, 1.54) is 11.3 Å². The number of aromatic nitrogens is 4. The number of anilines is 1. The molecule has 0 bridgehead atoms. The minimum absolute atomic E-state index is 0.340. The van der Waals surface area contributed by atoms with Crippen molar-refractivity contribution in [1.82, 2.24) is 20.2 Å². The Bertz CT molecular complexity index is 714. The molecular formula is C14H15N5S. The van der Waals surface area contributed by atoms with E-state index in [2.05, 4.69) is 34.0 Å². The van der Waals surface area contributed by atoms with Gasteiger partial charge in [0.15, 0.2) is 5.13 Å². The zero-order chi connectivity index (χ0) is 14.1. The van der Waals surface area contributed by atoms with Crippen LogP contribution in [-0.2, 0) is 0 Å². The molecule has 0 aliphatic heterocycles. The second-order valence-electron chi connectivity index (χ2n) is 4.80. The standard InChI is InChI=1S/C14H15N5S/c1-8(2)11-9(7-17-19-11)12-13(20-14(15)18-12)10-5-3-4-6-16-10/h3-8H,1-2H3,(H2,15,18)(H,17,19). The van der Waals surface area contributed by atoms with E-state index in [-0.39, 0.29) is 0 Å². The Balaban J connectivity index is 2.18. The second-order valence-corrected chi connectivity index (χ2v) is 5.83. The molecule has 3 rings (SSSR count). The van der Waals surface area contributed by atoms with Gasteiger partial charge in [-0.1, -0.05) is 31.3 Å². The Kier molecular flexibility index (Phi) is 3.23. The number of nitrogens with one attached hydrogen (secondary N) is 1. The number of nitrogens with zero attached hydrogens (tertiary/aromatic N) is 3. The van der Waals surface area contributed by atoms with Crippen molar-refractivity contribution in [2.45, 2.75) is 19.8 Å². The molecule has 20 heavy (non-hydrogen) atoms. The topological polar surface area (TPSA) is 80.5 Å². The highest BCUT2D eigenvalue weighted by atomic mass is 32.1. The minimum Gasteiger partial charge on any atom is -0.375 e. The average Bonchev–Trinajstić information content (AvgIpc) is 3.05. The summed E-state index contributed by atoms with van der Waals surface area (Å²) in [6, 6.07) is 5.82. The van der Waals surface area contributed by atoms with Gasteiger partial charge in [-0.3, -0.25) is 10.1 Å². The lowest BCUT2D eigenvalue weighted by molar-refractivity contribution is 0.812. The van der Waals surface area contributed by atoms with E-state index in [9.17, 15) is 0 Å². The van der Waals surface area contributed by atoms with Crippen LogP contribution in [-0.4, -0.2) is 20.2 Å². The third kappa shape index (κ3) is 2.18. The maximum atomic E-state index is 5.90. The van der Waals surface area contributed by atoms with Crippen LogP contribution < -0.4 is 5.73 Å². The third-order valence-electron chi connectivity index (χ3n) is 3.04. The van der Waals surface area contributed by atoms with Crippen LogP contribution in [0.2, 0.25) is 0 Å². The molecule has 0 atom stereocenters. The Morgan fingerprint density at radius 2 is 2.15 bits per heavy atom. The Labute approximate surface area is 120 Å². The summed E-state index contributed by atoms with van der Waals surface area (Å²) in [4.78, 5) is 9.84. The molecule has 0 spiro atoms. The summed E-state index contributed by atoms with van der Waals surface area (Å²) < 4.78 is 0. The lowest BCUT2D eigenvalue weighted by Crippen LogP contribution is -1.93. The van der Waals surface area contributed by atoms with E-state index in [4.69, 9.17) is 5.73 Å². The van der Waals surface area contributed by atoms with Crippen LogP contribution in [0, 0.1) is 0 Å². The van der Waals surface area contributed by atoms with Crippen LogP contribution in [0.4, 0.5) is 5.13 Å². The van der Waals surface area contributed by atoms with Crippen molar-refractivity contribution in [1.29, 1.82) is 0 Å². The Hall–Kier alpha value is -2.21. The lowest BCUT2D eigenvalue weighted by atomic mass is 10.0. The molecule has 102 valence electrons. The molecule has 6 heteroatoms. The van der Waals surface area contributed by atoms with Crippen molar-refractivity contribution in [2.24, 2.45) is 0 Å². The maximum absolute atomic E-state index is 5.90. The number of nitrogens with two attached hydrogens (primary N) is 1. The van der Waals surface area contributed by atoms with Crippen LogP contribution in [0.5, 0.6) is 0 Å². The van der Waals surface area contributed by atoms with E-state index in [0.29, 0.717) is 11.0 Å². The van der Waals surface area contributed by atoms with Crippen molar-refractivity contribution >= 4 is 16.5 Å². The van der Waals surface area contributed by atoms with Crippen LogP contribution in [0.1, 0.15) is 25.5 Å². The van der Waals surface area contributed by atoms with Crippen molar-refractivity contribution in [3.8, 4) is 21.8 Å². The van der Waals surface area contributed by atoms with Crippen LogP contribution in [0.3, 0.4) is 0 Å². The van der Waals surface area contributed by atoms with Crippen LogP contribution in [0.25, 0.3) is 21.8 Å². The molecule has 0 aliphatic carbocycles. The van der Waals surface area contributed by atoms with Gasteiger partial charge in [-0.15, -0.1) is 0 Å². The number of H-pyrrole nitrogens is 1. The Morgan fingerprint density at radius 3 is 2.85 bits per heavy atom. The van der Waals surface area contributed by atoms with Gasteiger partial charge in [0.25, 0.3) is 0 Å². The van der Waals surface area contributed by atoms with E-state index in [1.807, 2.05) is 18.2 Å². The molecule has 0 saturated heterocycles. The smallest absolute Gasteiger partial charge is 0.181 e. The molecule has 0 fully saturated rings. The van der Waals surface area contributed by atoms with Gasteiger partial charge in [-0.25, -0.2) is 4.98 Å². The quantitative estimate of drug-likeness (QED) is 0.773. The molecule has 0 saturated carbocycles. The molecule has 3 aromatic heterocycles. The van der Waals surface area contributed by atoms with E-state index >= 15 is 0 Å². The van der Waals surface area contributed by atoms with Gasteiger partial charge in [0, 0.05) is 17.5 Å². The molecule has 0 unspecified atom stereocenters. The number of thiazole rings is 1. The van der Waals surface area contributed by atoms with Gasteiger partial charge in [-0.05, 0) is 18.1 Å². The monoisotopic (exact) mass is 285 g/mol. The van der Waals surface area contributed by atoms with E-state index < -0.39 is 0 Å². The first kappa shape index (κ1) is 12.8. The van der Waals surface area contributed by atoms with Crippen LogP contribution in [0.15, 0.2) is 30.6 Å². The highest BCUT2D eigenvalue weighted by molar-refractivity contribution is 7.19. The number of aromatic amines is 1. The van der Waals surface area contributed by atoms with Gasteiger partial charge in [0.05, 0.1) is 22.5 Å². The van der Waals surface area contributed by atoms with E-state index in [0.717, 1.165) is 27.5 Å². The summed E-state index contributed by atoms with van der Waals surface area (Å²) in [5.74, 6) is 0.340. The number of hydrogen-bond acceptors (Lipinski definition) is 5. The molecule has 3 N–H and O–H groups in total. The molecule has 3 heterocycles. The number of hydrogen-bond donors (Lipinski definition) is 2. The average molecular weight is 285 g/mol. The summed E-state index contributed by atoms with van der Waals surface area (Å²) in [5, 5.41) is 7.73. The van der Waals surface area contributed by atoms with Gasteiger partial charge < -0.3 is 5.73 Å². The van der Waals surface area contributed by atoms with Crippen molar-refractivity contribution in [3.05, 3.63) is 36.3 Å². The third-order valence-corrected chi connectivity index (χ3v) is 3.95. The zero-order valence-electron chi connectivity index (χ0n) is 11.3. The fourth-order valence-electron chi connectivity index (χ4n) is 2.11. The SMILES string of the molecule is CC(C)c1[nH]ncc1-c1nc(N)sc1-c1ccccn1. The predicted octanol–water partition coefficient (Wildman–Crippen LogP) is 3.30. The highest BCUT2D eigenvalue weighted by Crippen LogP contribution is 2.39. The van der Waals surface area contributed by atoms with Gasteiger partial charge in [0.1, 0.15) is 0 Å². The summed E-state index contributed by atoms with van der Waals surface area (Å²) in [6.45, 7) is 4.24. The number of nitrogen functional groups attached to an aromatic ring is 1. The zero-order valence-corrected chi connectivity index (χ0v) is 12.1. The van der Waals surface area contributed by atoms with Gasteiger partial charge in [-0.2, -0.15) is 5.10 Å². The van der Waals surface area contributed by atoms with E-state index in [1.54, 1.807) is 12.4 Å². The first-order valence-electron chi connectivity index (χ1n) is 6.38. The molecule has 0 amide bonds. The second kappa shape index (κ2) is 5.05. The molecule has 0 radical (unpaired) electrons. The highest BCUT2D eigenvalue weighted by Gasteiger charge is 2.19. The van der Waals surface area contributed by atoms with Gasteiger partial charge in [0.2, 0.25) is 0 Å². The van der Waals surface area contributed by atoms with Crippen LogP contribution >= 0.6 is 11.3 Å². The minimum atomic E-state index is 0.340. The Morgan fingerprint density at radius 1 is 1.30 bits per heavy atom. The largest absolute Gasteiger partial charge is 0.375 e. The summed E-state index contributed by atoms with van der Waals surface area (Å²) in [7, 11) is 0. The maximum Gasteiger partial charge on any atom is 0.181 e. The van der Waals surface area contributed by atoms with Crippen molar-refractivity contribution < 1.29 is 0 Å². The first-order valence-corrected chi connectivity index (χ1v) is 7.19. The normalized spacial score (nSPS) is 11.2. The first-order chi connectivity index (χ1) is 9.66. The van der Waals surface area contributed by atoms with Gasteiger partial charge >= 0.3 is 0 Å². The molecule has 5 nitrogen and oxygen atoms in total. The van der Waals surface area contributed by atoms with Crippen molar-refractivity contribution in [3.63, 3.8) is 0 Å². The predicted molar refractivity (Wildman–Crippen MR) is 81.4 cm³/mol. The lowest BCUT2D eigenvalue weighted by Gasteiger charge is -2.05. The fraction of sp³-hybridized carbons (Fsp3) is 0.214. The fourth-order valence-corrected chi connectivity index (χ4v) is 2.94. The number of rotatable bonds is 3. The van der Waals surface area contributed by atoms with Crippen molar-refractivity contribution in [2.75, 3.05) is 5.73 Å². The molecular weight excluding hydrogens is 270 g/mol. The summed E-state index contributed by atoms with van der Waals surface area (Å²) in [5.41, 5.74) is 9.69. The molecule has 0 aromatic carbocycles. The summed E-state index contributed by atoms with van der Waals surface area (Å²) >= 11 is 1.45.